The second-order valence-corrected chi connectivity index (χ2v) is 7.22. The zero-order valence-corrected chi connectivity index (χ0v) is 19.6. The van der Waals surface area contributed by atoms with Gasteiger partial charge in [-0.3, -0.25) is 4.99 Å². The number of benzene rings is 1. The number of hydrogen-bond acceptors (Lipinski definition) is 5. The number of rotatable bonds is 7. The Labute approximate surface area is 192 Å². The van der Waals surface area contributed by atoms with Crippen molar-refractivity contribution in [3.8, 4) is 5.75 Å². The van der Waals surface area contributed by atoms with E-state index in [1.807, 2.05) is 17.0 Å². The number of alkyl halides is 2. The molecule has 1 fully saturated rings. The van der Waals surface area contributed by atoms with Crippen molar-refractivity contribution in [2.45, 2.75) is 45.4 Å². The molecule has 0 amide bonds. The first-order valence-electron chi connectivity index (χ1n) is 9.67. The Hall–Kier alpha value is -2.11. The van der Waals surface area contributed by atoms with Crippen molar-refractivity contribution in [2.75, 3.05) is 25.0 Å². The monoisotopic (exact) mass is 535 g/mol. The number of nitrogens with one attached hydrogen (secondary N) is 2. The molecule has 0 radical (unpaired) electrons. The van der Waals surface area contributed by atoms with Crippen molar-refractivity contribution in [2.24, 2.45) is 4.99 Å². The standard InChI is InChI=1S/C20H27F2N5O2.HI/c1-13(2)16-10-15(29-26-16)11-24-20(23-3)25-14-8-9-27(12-14)17-6-4-5-7-18(17)28-19(21)22;/h4-7,10,13-14,19H,8-9,11-12H2,1-3H3,(H2,23,24,25);1H. The number of anilines is 1. The van der Waals surface area contributed by atoms with Gasteiger partial charge < -0.3 is 24.8 Å². The van der Waals surface area contributed by atoms with Crippen molar-refractivity contribution in [3.05, 3.63) is 41.8 Å². The average molecular weight is 535 g/mol. The topological polar surface area (TPSA) is 74.9 Å². The molecule has 2 N–H and O–H groups in total. The van der Waals surface area contributed by atoms with Crippen molar-refractivity contribution < 1.29 is 18.0 Å². The van der Waals surface area contributed by atoms with Crippen LogP contribution < -0.4 is 20.3 Å². The van der Waals surface area contributed by atoms with Crippen LogP contribution in [0.2, 0.25) is 0 Å². The second-order valence-electron chi connectivity index (χ2n) is 7.22. The first kappa shape index (κ1) is 24.2. The van der Waals surface area contributed by atoms with Crippen LogP contribution in [0.1, 0.15) is 37.6 Å². The molecule has 2 heterocycles. The first-order chi connectivity index (χ1) is 14.0. The van der Waals surface area contributed by atoms with Crippen LogP contribution in [0.15, 0.2) is 39.8 Å². The van der Waals surface area contributed by atoms with E-state index in [2.05, 4.69) is 39.4 Å². The highest BCUT2D eigenvalue weighted by molar-refractivity contribution is 14.0. The van der Waals surface area contributed by atoms with Gasteiger partial charge in [0.2, 0.25) is 0 Å². The van der Waals surface area contributed by atoms with Gasteiger partial charge in [-0.1, -0.05) is 31.1 Å². The van der Waals surface area contributed by atoms with Crippen LogP contribution in [-0.4, -0.2) is 43.9 Å². The Morgan fingerprint density at radius 3 is 2.80 bits per heavy atom. The van der Waals surface area contributed by atoms with E-state index in [1.54, 1.807) is 25.2 Å². The number of aromatic nitrogens is 1. The zero-order chi connectivity index (χ0) is 20.8. The summed E-state index contributed by atoms with van der Waals surface area (Å²) in [5.74, 6) is 1.89. The molecule has 30 heavy (non-hydrogen) atoms. The van der Waals surface area contributed by atoms with Gasteiger partial charge in [-0.05, 0) is 24.5 Å². The summed E-state index contributed by atoms with van der Waals surface area (Å²) in [6.45, 7) is 3.14. The molecule has 1 saturated heterocycles. The summed E-state index contributed by atoms with van der Waals surface area (Å²) < 4.78 is 35.3. The maximum atomic E-state index is 12.7. The van der Waals surface area contributed by atoms with Crippen molar-refractivity contribution in [1.82, 2.24) is 15.8 Å². The van der Waals surface area contributed by atoms with E-state index in [9.17, 15) is 8.78 Å². The van der Waals surface area contributed by atoms with E-state index in [-0.39, 0.29) is 35.8 Å². The SMILES string of the molecule is CN=C(NCc1cc(C(C)C)no1)NC1CCN(c2ccccc2OC(F)F)C1.I. The van der Waals surface area contributed by atoms with Crippen LogP contribution in [0.4, 0.5) is 14.5 Å². The molecule has 1 aliphatic rings. The maximum Gasteiger partial charge on any atom is 0.387 e. The summed E-state index contributed by atoms with van der Waals surface area (Å²) in [4.78, 5) is 6.29. The predicted molar refractivity (Wildman–Crippen MR) is 123 cm³/mol. The van der Waals surface area contributed by atoms with Crippen LogP contribution in [0.25, 0.3) is 0 Å². The van der Waals surface area contributed by atoms with Crippen LogP contribution in [-0.2, 0) is 6.54 Å². The van der Waals surface area contributed by atoms with Crippen LogP contribution in [0.5, 0.6) is 5.75 Å². The maximum absolute atomic E-state index is 12.7. The van der Waals surface area contributed by atoms with Crippen molar-refractivity contribution in [3.63, 3.8) is 0 Å². The molecule has 10 heteroatoms. The minimum absolute atomic E-state index is 0. The molecule has 7 nitrogen and oxygen atoms in total. The Kier molecular flexibility index (Phi) is 9.12. The van der Waals surface area contributed by atoms with Crippen molar-refractivity contribution >= 4 is 35.6 Å². The van der Waals surface area contributed by atoms with Crippen LogP contribution >= 0.6 is 24.0 Å². The molecule has 1 aliphatic heterocycles. The Balaban J connectivity index is 0.00000320. The Morgan fingerprint density at radius 1 is 1.37 bits per heavy atom. The Bertz CT molecular complexity index is 831. The number of halogens is 3. The summed E-state index contributed by atoms with van der Waals surface area (Å²) in [6.07, 6.45) is 0.851. The number of ether oxygens (including phenoxy) is 1. The molecule has 1 aromatic carbocycles. The number of para-hydroxylation sites is 2. The molecule has 166 valence electrons. The van der Waals surface area contributed by atoms with E-state index < -0.39 is 6.61 Å². The lowest BCUT2D eigenvalue weighted by Crippen LogP contribution is -2.44. The third-order valence-corrected chi connectivity index (χ3v) is 4.77. The molecule has 2 aromatic rings. The van der Waals surface area contributed by atoms with Gasteiger partial charge in [0.05, 0.1) is 17.9 Å². The van der Waals surface area contributed by atoms with Gasteiger partial charge in [-0.25, -0.2) is 0 Å². The van der Waals surface area contributed by atoms with Gasteiger partial charge in [-0.15, -0.1) is 24.0 Å². The number of guanidine groups is 1. The smallest absolute Gasteiger partial charge is 0.387 e. The third-order valence-electron chi connectivity index (χ3n) is 4.77. The molecule has 0 bridgehead atoms. The molecular formula is C20H28F2IN5O2. The van der Waals surface area contributed by atoms with Crippen LogP contribution in [0.3, 0.4) is 0 Å². The first-order valence-corrected chi connectivity index (χ1v) is 9.67. The van der Waals surface area contributed by atoms with Gasteiger partial charge in [0.25, 0.3) is 0 Å². The minimum Gasteiger partial charge on any atom is -0.433 e. The highest BCUT2D eigenvalue weighted by Crippen LogP contribution is 2.31. The van der Waals surface area contributed by atoms with E-state index in [4.69, 9.17) is 4.52 Å². The molecular weight excluding hydrogens is 507 g/mol. The molecule has 1 unspecified atom stereocenters. The van der Waals surface area contributed by atoms with E-state index in [1.165, 1.54) is 0 Å². The van der Waals surface area contributed by atoms with E-state index in [0.717, 1.165) is 24.4 Å². The van der Waals surface area contributed by atoms with Gasteiger partial charge in [0.15, 0.2) is 11.7 Å². The highest BCUT2D eigenvalue weighted by atomic mass is 127. The summed E-state index contributed by atoms with van der Waals surface area (Å²) >= 11 is 0. The van der Waals surface area contributed by atoms with Crippen molar-refractivity contribution in [1.29, 1.82) is 0 Å². The molecule has 1 atom stereocenters. The lowest BCUT2D eigenvalue weighted by Gasteiger charge is -2.22. The molecule has 3 rings (SSSR count). The van der Waals surface area contributed by atoms with Gasteiger partial charge >= 0.3 is 6.61 Å². The molecule has 0 spiro atoms. The quantitative estimate of drug-likeness (QED) is 0.318. The van der Waals surface area contributed by atoms with Gasteiger partial charge in [0, 0.05) is 32.2 Å². The van der Waals surface area contributed by atoms with Gasteiger partial charge in [0.1, 0.15) is 5.75 Å². The summed E-state index contributed by atoms with van der Waals surface area (Å²) in [5.41, 5.74) is 1.59. The summed E-state index contributed by atoms with van der Waals surface area (Å²) in [6, 6.07) is 8.92. The largest absolute Gasteiger partial charge is 0.433 e. The number of hydrogen-bond donors (Lipinski definition) is 2. The van der Waals surface area contributed by atoms with Gasteiger partial charge in [-0.2, -0.15) is 8.78 Å². The van der Waals surface area contributed by atoms with Crippen LogP contribution in [0, 0.1) is 0 Å². The average Bonchev–Trinajstić information content (AvgIpc) is 3.35. The second kappa shape index (κ2) is 11.3. The van der Waals surface area contributed by atoms with E-state index >= 15 is 0 Å². The third kappa shape index (κ3) is 6.44. The predicted octanol–water partition coefficient (Wildman–Crippen LogP) is 3.96. The highest BCUT2D eigenvalue weighted by Gasteiger charge is 2.26. The lowest BCUT2D eigenvalue weighted by atomic mass is 10.1. The normalized spacial score (nSPS) is 16.7. The summed E-state index contributed by atoms with van der Waals surface area (Å²) in [7, 11) is 1.70. The Morgan fingerprint density at radius 2 is 2.13 bits per heavy atom. The fraction of sp³-hybridized carbons (Fsp3) is 0.500. The zero-order valence-electron chi connectivity index (χ0n) is 17.3. The molecule has 0 saturated carbocycles. The molecule has 0 aliphatic carbocycles. The lowest BCUT2D eigenvalue weighted by molar-refractivity contribution is -0.0495. The number of nitrogens with zero attached hydrogens (tertiary/aromatic N) is 3. The van der Waals surface area contributed by atoms with E-state index in [0.29, 0.717) is 30.7 Å². The number of aliphatic imine (C=N–C) groups is 1. The minimum atomic E-state index is -2.84. The fourth-order valence-corrected chi connectivity index (χ4v) is 3.25. The summed E-state index contributed by atoms with van der Waals surface area (Å²) in [5, 5.41) is 10.6. The fourth-order valence-electron chi connectivity index (χ4n) is 3.25. The molecule has 1 aromatic heterocycles.